The third-order valence-electron chi connectivity index (χ3n) is 3.31. The molecule has 0 spiro atoms. The van der Waals surface area contributed by atoms with Gasteiger partial charge in [0, 0.05) is 15.5 Å². The summed E-state index contributed by atoms with van der Waals surface area (Å²) < 4.78 is 14.6. The van der Waals surface area contributed by atoms with Gasteiger partial charge in [0.25, 0.3) is 0 Å². The summed E-state index contributed by atoms with van der Waals surface area (Å²) in [5.74, 6) is -0.182. The molecule has 2 aromatic carbocycles. The van der Waals surface area contributed by atoms with Crippen LogP contribution in [0.4, 0.5) is 4.39 Å². The molecule has 0 aromatic heterocycles. The Kier molecular flexibility index (Phi) is 5.58. The molecule has 0 amide bonds. The average Bonchev–Trinajstić information content (AvgIpc) is 2.43. The molecule has 1 nitrogen and oxygen atoms in total. The second-order valence-electron chi connectivity index (χ2n) is 4.72. The highest BCUT2D eigenvalue weighted by molar-refractivity contribution is 9.10. The Balaban J connectivity index is 2.11. The van der Waals surface area contributed by atoms with Gasteiger partial charge in [-0.2, -0.15) is 0 Å². The first-order valence-corrected chi connectivity index (χ1v) is 7.62. The average molecular weight is 357 g/mol. The summed E-state index contributed by atoms with van der Waals surface area (Å²) in [6.45, 7) is 0. The maximum Gasteiger partial charge on any atom is 0.127 e. The second kappa shape index (κ2) is 7.21. The van der Waals surface area contributed by atoms with Crippen molar-refractivity contribution in [3.63, 3.8) is 0 Å². The van der Waals surface area contributed by atoms with Crippen molar-refractivity contribution in [2.45, 2.75) is 18.9 Å². The van der Waals surface area contributed by atoms with Crippen molar-refractivity contribution >= 4 is 27.5 Å². The quantitative estimate of drug-likeness (QED) is 0.824. The standard InChI is InChI=1S/C16H16BrClFN/c1-20-14(8-11-4-2-3-5-15(11)18)9-12-6-7-13(17)10-16(12)19/h2-7,10,14,20H,8-9H2,1H3. The predicted molar refractivity (Wildman–Crippen MR) is 85.8 cm³/mol. The minimum atomic E-state index is -0.182. The van der Waals surface area contributed by atoms with Crippen molar-refractivity contribution in [2.24, 2.45) is 0 Å². The van der Waals surface area contributed by atoms with E-state index in [2.05, 4.69) is 21.2 Å². The van der Waals surface area contributed by atoms with E-state index in [1.807, 2.05) is 43.4 Å². The Morgan fingerprint density at radius 1 is 1.15 bits per heavy atom. The Morgan fingerprint density at radius 3 is 2.50 bits per heavy atom. The normalized spacial score (nSPS) is 12.4. The molecule has 1 atom stereocenters. The molecule has 2 rings (SSSR count). The highest BCUT2D eigenvalue weighted by Gasteiger charge is 2.13. The molecule has 0 heterocycles. The van der Waals surface area contributed by atoms with Gasteiger partial charge in [-0.25, -0.2) is 4.39 Å². The van der Waals surface area contributed by atoms with Crippen LogP contribution in [-0.4, -0.2) is 13.1 Å². The van der Waals surface area contributed by atoms with Gasteiger partial charge in [0.2, 0.25) is 0 Å². The van der Waals surface area contributed by atoms with Crippen LogP contribution < -0.4 is 5.32 Å². The molecule has 0 aliphatic heterocycles. The fraction of sp³-hybridized carbons (Fsp3) is 0.250. The molecule has 106 valence electrons. The summed E-state index contributed by atoms with van der Waals surface area (Å²) >= 11 is 9.44. The van der Waals surface area contributed by atoms with Crippen LogP contribution in [0, 0.1) is 5.82 Å². The van der Waals surface area contributed by atoms with E-state index in [9.17, 15) is 4.39 Å². The fourth-order valence-electron chi connectivity index (χ4n) is 2.16. The topological polar surface area (TPSA) is 12.0 Å². The lowest BCUT2D eigenvalue weighted by molar-refractivity contribution is 0.532. The number of rotatable bonds is 5. The summed E-state index contributed by atoms with van der Waals surface area (Å²) in [6.07, 6.45) is 1.40. The van der Waals surface area contributed by atoms with E-state index in [1.54, 1.807) is 0 Å². The smallest absolute Gasteiger partial charge is 0.127 e. The molecule has 1 N–H and O–H groups in total. The van der Waals surface area contributed by atoms with Gasteiger partial charge in [-0.05, 0) is 49.2 Å². The first-order chi connectivity index (χ1) is 9.60. The SMILES string of the molecule is CNC(Cc1ccc(Br)cc1F)Cc1ccccc1Cl. The Hall–Kier alpha value is -0.900. The van der Waals surface area contributed by atoms with Crippen LogP contribution in [0.5, 0.6) is 0 Å². The molecule has 0 fully saturated rings. The first-order valence-electron chi connectivity index (χ1n) is 6.44. The van der Waals surface area contributed by atoms with Crippen LogP contribution in [0.3, 0.4) is 0 Å². The molecule has 0 bridgehead atoms. The summed E-state index contributed by atoms with van der Waals surface area (Å²) in [7, 11) is 1.89. The minimum Gasteiger partial charge on any atom is -0.316 e. The molecule has 1 unspecified atom stereocenters. The van der Waals surface area contributed by atoms with E-state index in [1.165, 1.54) is 6.07 Å². The van der Waals surface area contributed by atoms with Gasteiger partial charge in [0.05, 0.1) is 0 Å². The van der Waals surface area contributed by atoms with Gasteiger partial charge < -0.3 is 5.32 Å². The summed E-state index contributed by atoms with van der Waals surface area (Å²) in [5.41, 5.74) is 1.78. The maximum atomic E-state index is 13.9. The second-order valence-corrected chi connectivity index (χ2v) is 6.04. The van der Waals surface area contributed by atoms with Crippen molar-refractivity contribution < 1.29 is 4.39 Å². The van der Waals surface area contributed by atoms with E-state index < -0.39 is 0 Å². The molecular formula is C16H16BrClFN. The van der Waals surface area contributed by atoms with Gasteiger partial charge in [-0.15, -0.1) is 0 Å². The molecule has 0 saturated heterocycles. The van der Waals surface area contributed by atoms with Crippen molar-refractivity contribution in [3.05, 3.63) is 68.9 Å². The lowest BCUT2D eigenvalue weighted by Gasteiger charge is -2.17. The number of hydrogen-bond donors (Lipinski definition) is 1. The van der Waals surface area contributed by atoms with Crippen LogP contribution in [0.15, 0.2) is 46.9 Å². The zero-order valence-corrected chi connectivity index (χ0v) is 13.5. The number of hydrogen-bond acceptors (Lipinski definition) is 1. The number of likely N-dealkylation sites (N-methyl/N-ethyl adjacent to an activating group) is 1. The van der Waals surface area contributed by atoms with Crippen molar-refractivity contribution in [1.29, 1.82) is 0 Å². The maximum absolute atomic E-state index is 13.9. The molecule has 0 aliphatic carbocycles. The van der Waals surface area contributed by atoms with Gasteiger partial charge >= 0.3 is 0 Å². The van der Waals surface area contributed by atoms with E-state index >= 15 is 0 Å². The molecular weight excluding hydrogens is 341 g/mol. The molecule has 0 aliphatic rings. The Labute approximate surface area is 132 Å². The van der Waals surface area contributed by atoms with Gasteiger partial charge in [-0.3, -0.25) is 0 Å². The zero-order valence-electron chi connectivity index (χ0n) is 11.2. The lowest BCUT2D eigenvalue weighted by Crippen LogP contribution is -2.30. The summed E-state index contributed by atoms with van der Waals surface area (Å²) in [6, 6.07) is 13.1. The number of halogens is 3. The predicted octanol–water partition coefficient (Wildman–Crippen LogP) is 4.61. The van der Waals surface area contributed by atoms with E-state index in [0.717, 1.165) is 21.5 Å². The van der Waals surface area contributed by atoms with Crippen LogP contribution in [0.1, 0.15) is 11.1 Å². The van der Waals surface area contributed by atoms with Crippen molar-refractivity contribution in [3.8, 4) is 0 Å². The molecule has 20 heavy (non-hydrogen) atoms. The number of nitrogens with one attached hydrogen (secondary N) is 1. The highest BCUT2D eigenvalue weighted by Crippen LogP contribution is 2.20. The van der Waals surface area contributed by atoms with Crippen molar-refractivity contribution in [2.75, 3.05) is 7.05 Å². The summed E-state index contributed by atoms with van der Waals surface area (Å²) in [4.78, 5) is 0. The zero-order chi connectivity index (χ0) is 14.5. The van der Waals surface area contributed by atoms with Crippen LogP contribution >= 0.6 is 27.5 Å². The largest absolute Gasteiger partial charge is 0.316 e. The van der Waals surface area contributed by atoms with Crippen LogP contribution in [0.25, 0.3) is 0 Å². The first kappa shape index (κ1) is 15.5. The number of benzene rings is 2. The van der Waals surface area contributed by atoms with Crippen molar-refractivity contribution in [1.82, 2.24) is 5.32 Å². The Morgan fingerprint density at radius 2 is 1.85 bits per heavy atom. The monoisotopic (exact) mass is 355 g/mol. The Bertz CT molecular complexity index is 588. The third-order valence-corrected chi connectivity index (χ3v) is 4.18. The van der Waals surface area contributed by atoms with Gasteiger partial charge in [-0.1, -0.05) is 51.8 Å². The highest BCUT2D eigenvalue weighted by atomic mass is 79.9. The van der Waals surface area contributed by atoms with Gasteiger partial charge in [0.1, 0.15) is 5.82 Å². The lowest BCUT2D eigenvalue weighted by atomic mass is 9.99. The molecule has 2 aromatic rings. The fourth-order valence-corrected chi connectivity index (χ4v) is 2.70. The molecule has 0 radical (unpaired) electrons. The van der Waals surface area contributed by atoms with Gasteiger partial charge in [0.15, 0.2) is 0 Å². The minimum absolute atomic E-state index is 0.144. The van der Waals surface area contributed by atoms with Crippen LogP contribution in [0.2, 0.25) is 5.02 Å². The van der Waals surface area contributed by atoms with E-state index in [0.29, 0.717) is 12.0 Å². The molecule has 4 heteroatoms. The van der Waals surface area contributed by atoms with E-state index in [-0.39, 0.29) is 11.9 Å². The van der Waals surface area contributed by atoms with E-state index in [4.69, 9.17) is 11.6 Å². The molecule has 0 saturated carbocycles. The summed E-state index contributed by atoms with van der Waals surface area (Å²) in [5, 5.41) is 3.98. The van der Waals surface area contributed by atoms with Crippen LogP contribution in [-0.2, 0) is 12.8 Å². The third kappa shape index (κ3) is 4.05.